The van der Waals surface area contributed by atoms with Gasteiger partial charge in [0.2, 0.25) is 0 Å². The molecule has 180 valence electrons. The number of alkyl halides is 6. The van der Waals surface area contributed by atoms with Crippen molar-refractivity contribution in [3.8, 4) is 0 Å². The third kappa shape index (κ3) is 4.74. The Bertz CT molecular complexity index is 1230. The fraction of sp³-hybridized carbons (Fsp3) is 0.238. The van der Waals surface area contributed by atoms with Crippen LogP contribution in [0.1, 0.15) is 40.1 Å². The Labute approximate surface area is 202 Å². The highest BCUT2D eigenvalue weighted by Crippen LogP contribution is 2.46. The Morgan fingerprint density at radius 3 is 2.41 bits per heavy atom. The molecule has 1 aliphatic rings. The lowest BCUT2D eigenvalue weighted by Gasteiger charge is -2.33. The second-order valence-corrected chi connectivity index (χ2v) is 8.70. The van der Waals surface area contributed by atoms with Crippen LogP contribution in [0, 0.1) is 0 Å². The van der Waals surface area contributed by atoms with Crippen molar-refractivity contribution in [1.82, 2.24) is 9.78 Å². The van der Waals surface area contributed by atoms with Crippen LogP contribution in [0.4, 0.5) is 37.8 Å². The number of halogens is 8. The highest BCUT2D eigenvalue weighted by atomic mass is 79.9. The highest BCUT2D eigenvalue weighted by Gasteiger charge is 2.47. The van der Waals surface area contributed by atoms with E-state index in [0.717, 1.165) is 12.1 Å². The molecule has 3 aromatic rings. The zero-order valence-corrected chi connectivity index (χ0v) is 19.1. The van der Waals surface area contributed by atoms with E-state index in [1.54, 1.807) is 30.3 Å². The van der Waals surface area contributed by atoms with E-state index in [2.05, 4.69) is 31.7 Å². The summed E-state index contributed by atoms with van der Waals surface area (Å²) in [5, 5.41) is 8.81. The number of hydrogen-bond acceptors (Lipinski definition) is 3. The van der Waals surface area contributed by atoms with Crippen LogP contribution in [0.25, 0.3) is 0 Å². The lowest BCUT2D eigenvalue weighted by Crippen LogP contribution is -2.35. The summed E-state index contributed by atoms with van der Waals surface area (Å²) in [5.74, 6) is -1.11. The van der Waals surface area contributed by atoms with Crippen molar-refractivity contribution in [2.75, 3.05) is 10.6 Å². The minimum absolute atomic E-state index is 0.0667. The van der Waals surface area contributed by atoms with Crippen LogP contribution < -0.4 is 10.6 Å². The predicted octanol–water partition coefficient (Wildman–Crippen LogP) is 7.23. The largest absolute Gasteiger partial charge is 0.416 e. The lowest BCUT2D eigenvalue weighted by molar-refractivity contribution is -0.173. The minimum atomic E-state index is -4.69. The van der Waals surface area contributed by atoms with Gasteiger partial charge < -0.3 is 10.6 Å². The molecule has 13 heteroatoms. The van der Waals surface area contributed by atoms with Gasteiger partial charge in [-0.05, 0) is 39.7 Å². The fourth-order valence-electron chi connectivity index (χ4n) is 3.62. The van der Waals surface area contributed by atoms with Gasteiger partial charge in [0.15, 0.2) is 11.7 Å². The van der Waals surface area contributed by atoms with Gasteiger partial charge in [-0.2, -0.15) is 31.4 Å². The topological polar surface area (TPSA) is 59.0 Å². The maximum absolute atomic E-state index is 13.9. The van der Waals surface area contributed by atoms with Crippen molar-refractivity contribution in [2.24, 2.45) is 0 Å². The molecule has 0 saturated carbocycles. The first-order valence-electron chi connectivity index (χ1n) is 9.70. The number of aromatic nitrogens is 2. The SMILES string of the molecule is O=C(Nc1cc(C(F)(F)F)ccc1Cl)c1nn2c(c1Br)N[C@@H](c1ccccc1)C[C@@H]2C(F)(F)F. The van der Waals surface area contributed by atoms with Gasteiger partial charge in [0.05, 0.1) is 26.8 Å². The van der Waals surface area contributed by atoms with E-state index in [1.807, 2.05) is 0 Å². The molecule has 0 bridgehead atoms. The van der Waals surface area contributed by atoms with Gasteiger partial charge in [-0.15, -0.1) is 0 Å². The van der Waals surface area contributed by atoms with E-state index in [1.165, 1.54) is 0 Å². The Kier molecular flexibility index (Phi) is 6.32. The number of amides is 1. The monoisotopic (exact) mass is 566 g/mol. The van der Waals surface area contributed by atoms with E-state index < -0.39 is 41.6 Å². The van der Waals surface area contributed by atoms with Gasteiger partial charge >= 0.3 is 12.4 Å². The van der Waals surface area contributed by atoms with Crippen LogP contribution in [0.3, 0.4) is 0 Å². The maximum Gasteiger partial charge on any atom is 0.416 e. The molecule has 2 N–H and O–H groups in total. The molecule has 0 spiro atoms. The molecular formula is C21H14BrClF6N4O. The van der Waals surface area contributed by atoms with E-state index in [4.69, 9.17) is 11.6 Å². The third-order valence-electron chi connectivity index (χ3n) is 5.25. The number of nitrogens with one attached hydrogen (secondary N) is 2. The molecule has 0 saturated heterocycles. The zero-order chi connectivity index (χ0) is 24.8. The molecule has 1 aromatic heterocycles. The molecule has 34 heavy (non-hydrogen) atoms. The number of rotatable bonds is 3. The average Bonchev–Trinajstić information content (AvgIpc) is 3.10. The van der Waals surface area contributed by atoms with E-state index in [9.17, 15) is 31.1 Å². The van der Waals surface area contributed by atoms with Crippen molar-refractivity contribution in [1.29, 1.82) is 0 Å². The van der Waals surface area contributed by atoms with Gasteiger partial charge in [0.1, 0.15) is 5.82 Å². The van der Waals surface area contributed by atoms with E-state index in [-0.39, 0.29) is 27.4 Å². The Morgan fingerprint density at radius 2 is 1.79 bits per heavy atom. The smallest absolute Gasteiger partial charge is 0.362 e. The van der Waals surface area contributed by atoms with Gasteiger partial charge in [0, 0.05) is 6.42 Å². The predicted molar refractivity (Wildman–Crippen MR) is 117 cm³/mol. The average molecular weight is 568 g/mol. The molecule has 1 amide bonds. The molecule has 0 aliphatic carbocycles. The molecule has 0 fully saturated rings. The second kappa shape index (κ2) is 8.81. The van der Waals surface area contributed by atoms with Crippen molar-refractivity contribution in [3.05, 3.63) is 74.8 Å². The molecule has 4 rings (SSSR count). The molecular weight excluding hydrogens is 554 g/mol. The summed E-state index contributed by atoms with van der Waals surface area (Å²) < 4.78 is 81.3. The van der Waals surface area contributed by atoms with Crippen molar-refractivity contribution in [2.45, 2.75) is 30.9 Å². The highest BCUT2D eigenvalue weighted by molar-refractivity contribution is 9.10. The number of carbonyl (C=O) groups is 1. The molecule has 2 heterocycles. The van der Waals surface area contributed by atoms with Crippen molar-refractivity contribution in [3.63, 3.8) is 0 Å². The number of nitrogens with zero attached hydrogens (tertiary/aromatic N) is 2. The normalized spacial score (nSPS) is 18.2. The standard InChI is InChI=1S/C21H14BrClF6N4O/c22-16-17(19(34)31-14-8-11(20(24,25)26)6-7-12(14)23)32-33-15(21(27,28)29)9-13(30-18(16)33)10-4-2-1-3-5-10/h1-8,13,15,30H,9H2,(H,31,34)/t13-,15-/m1/s1. The third-order valence-corrected chi connectivity index (χ3v) is 6.34. The number of carbonyl (C=O) groups excluding carboxylic acids is 1. The molecule has 2 atom stereocenters. The van der Waals surface area contributed by atoms with Crippen LogP contribution in [0.5, 0.6) is 0 Å². The number of benzene rings is 2. The molecule has 1 aliphatic heterocycles. The van der Waals surface area contributed by atoms with Gasteiger partial charge in [0.25, 0.3) is 5.91 Å². The Morgan fingerprint density at radius 1 is 1.12 bits per heavy atom. The molecule has 0 radical (unpaired) electrons. The van der Waals surface area contributed by atoms with E-state index in [0.29, 0.717) is 16.3 Å². The van der Waals surface area contributed by atoms with Gasteiger partial charge in [-0.25, -0.2) is 4.68 Å². The first-order valence-corrected chi connectivity index (χ1v) is 10.9. The summed E-state index contributed by atoms with van der Waals surface area (Å²) in [6.07, 6.45) is -9.74. The molecule has 5 nitrogen and oxygen atoms in total. The van der Waals surface area contributed by atoms with Crippen molar-refractivity contribution >= 4 is 44.9 Å². The first kappa shape index (κ1) is 24.4. The summed E-state index contributed by atoms with van der Waals surface area (Å²) in [7, 11) is 0. The summed E-state index contributed by atoms with van der Waals surface area (Å²) >= 11 is 9.03. The number of fused-ring (bicyclic) bond motifs is 1. The molecule has 0 unspecified atom stereocenters. The Balaban J connectivity index is 1.70. The molecule has 2 aromatic carbocycles. The fourth-order valence-corrected chi connectivity index (χ4v) is 4.34. The quantitative estimate of drug-likeness (QED) is 0.328. The van der Waals surface area contributed by atoms with Crippen LogP contribution in [-0.4, -0.2) is 21.9 Å². The van der Waals surface area contributed by atoms with Crippen molar-refractivity contribution < 1.29 is 31.1 Å². The lowest BCUT2D eigenvalue weighted by atomic mass is 9.97. The summed E-state index contributed by atoms with van der Waals surface area (Å²) in [5.41, 5.74) is -1.25. The summed E-state index contributed by atoms with van der Waals surface area (Å²) in [4.78, 5) is 12.8. The van der Waals surface area contributed by atoms with E-state index >= 15 is 0 Å². The maximum atomic E-state index is 13.9. The van der Waals surface area contributed by atoms with Crippen LogP contribution in [0.15, 0.2) is 53.0 Å². The van der Waals surface area contributed by atoms with Crippen LogP contribution in [0.2, 0.25) is 5.02 Å². The number of anilines is 2. The Hall–Kier alpha value is -2.73. The van der Waals surface area contributed by atoms with Crippen LogP contribution in [-0.2, 0) is 6.18 Å². The zero-order valence-electron chi connectivity index (χ0n) is 16.8. The minimum Gasteiger partial charge on any atom is -0.362 e. The number of hydrogen-bond donors (Lipinski definition) is 2. The van der Waals surface area contributed by atoms with Crippen LogP contribution >= 0.6 is 27.5 Å². The second-order valence-electron chi connectivity index (χ2n) is 7.50. The van der Waals surface area contributed by atoms with Gasteiger partial charge in [-0.3, -0.25) is 4.79 Å². The first-order chi connectivity index (χ1) is 15.9. The summed E-state index contributed by atoms with van der Waals surface area (Å²) in [6.45, 7) is 0. The van der Waals surface area contributed by atoms with Gasteiger partial charge in [-0.1, -0.05) is 41.9 Å². The summed E-state index contributed by atoms with van der Waals surface area (Å²) in [6, 6.07) is 8.04.